The first-order valence-electron chi connectivity index (χ1n) is 4.79. The van der Waals surface area contributed by atoms with Crippen molar-refractivity contribution in [2.24, 2.45) is 0 Å². The van der Waals surface area contributed by atoms with Crippen molar-refractivity contribution >= 4 is 0 Å². The Bertz CT molecular complexity index is 48.9. The van der Waals surface area contributed by atoms with Gasteiger partial charge in [-0.25, -0.2) is 0 Å². The van der Waals surface area contributed by atoms with Crippen LogP contribution in [-0.2, 0) is 0 Å². The zero-order chi connectivity index (χ0) is 9.54. The molecule has 0 aromatic heterocycles. The summed E-state index contributed by atoms with van der Waals surface area (Å²) in [6, 6.07) is 0. The Balaban J connectivity index is -0.0000000835. The Morgan fingerprint density at radius 1 is 0.818 bits per heavy atom. The molecule has 0 aliphatic heterocycles. The summed E-state index contributed by atoms with van der Waals surface area (Å²) in [6.07, 6.45) is 10.6. The van der Waals surface area contributed by atoms with Gasteiger partial charge in [0.25, 0.3) is 0 Å². The third kappa shape index (κ3) is 43.1. The fourth-order valence-corrected chi connectivity index (χ4v) is 0.250. The van der Waals surface area contributed by atoms with Gasteiger partial charge in [0.15, 0.2) is 0 Å². The van der Waals surface area contributed by atoms with Crippen molar-refractivity contribution in [1.82, 2.24) is 0 Å². The minimum absolute atomic E-state index is 1.50. The van der Waals surface area contributed by atoms with Crippen LogP contribution in [0.2, 0.25) is 0 Å². The lowest BCUT2D eigenvalue weighted by molar-refractivity contribution is 0.504. The van der Waals surface area contributed by atoms with Crippen molar-refractivity contribution in [3.05, 3.63) is 0 Å². The van der Waals surface area contributed by atoms with Gasteiger partial charge in [0, 0.05) is 0 Å². The molecule has 0 spiro atoms. The molecule has 1 aliphatic carbocycles. The molecule has 1 aliphatic rings. The molecule has 0 nitrogen and oxygen atoms in total. The van der Waals surface area contributed by atoms with Crippen molar-refractivity contribution < 1.29 is 0 Å². The van der Waals surface area contributed by atoms with Crippen LogP contribution in [0.1, 0.15) is 60.3 Å². The smallest absolute Gasteiger partial charge is 0.00297 e. The molecule has 0 unspecified atom stereocenters. The largest absolute Gasteiger partial charge is 0.120 e. The molecule has 1 rings (SSSR count). The quantitative estimate of drug-likeness (QED) is 0.460. The second kappa shape index (κ2) is 33.7. The van der Waals surface area contributed by atoms with Gasteiger partial charge in [-0.1, -0.05) is 53.4 Å². The highest BCUT2D eigenvalue weighted by Gasteiger charge is 1.95. The lowest BCUT2D eigenvalue weighted by Crippen LogP contribution is -1.85. The van der Waals surface area contributed by atoms with E-state index in [9.17, 15) is 0 Å². The SMILES string of the molecule is C#CC.C1CCC1.CC.CC. The second-order valence-corrected chi connectivity index (χ2v) is 1.70. The van der Waals surface area contributed by atoms with Crippen molar-refractivity contribution in [3.63, 3.8) is 0 Å². The molecule has 0 saturated heterocycles. The van der Waals surface area contributed by atoms with Gasteiger partial charge in [-0.15, -0.1) is 12.3 Å². The average molecular weight is 156 g/mol. The van der Waals surface area contributed by atoms with Gasteiger partial charge in [0.1, 0.15) is 0 Å². The van der Waals surface area contributed by atoms with Crippen LogP contribution in [0.3, 0.4) is 0 Å². The molecule has 0 atom stereocenters. The Kier molecular flexibility index (Phi) is 51.7. The number of rotatable bonds is 0. The van der Waals surface area contributed by atoms with Gasteiger partial charge in [-0.05, 0) is 6.92 Å². The Morgan fingerprint density at radius 2 is 0.909 bits per heavy atom. The molecule has 0 aromatic rings. The van der Waals surface area contributed by atoms with Gasteiger partial charge in [-0.2, -0.15) is 0 Å². The molecule has 0 aromatic carbocycles. The first kappa shape index (κ1) is 16.9. The van der Waals surface area contributed by atoms with Crippen LogP contribution in [0.4, 0.5) is 0 Å². The molecule has 0 bridgehead atoms. The highest BCUT2D eigenvalue weighted by Crippen LogP contribution is 2.15. The van der Waals surface area contributed by atoms with E-state index in [1.54, 1.807) is 6.92 Å². The van der Waals surface area contributed by atoms with E-state index in [2.05, 4.69) is 12.3 Å². The Morgan fingerprint density at radius 3 is 0.909 bits per heavy atom. The van der Waals surface area contributed by atoms with Crippen LogP contribution in [0.15, 0.2) is 0 Å². The predicted molar refractivity (Wildman–Crippen MR) is 55.7 cm³/mol. The summed E-state index contributed by atoms with van der Waals surface area (Å²) in [6.45, 7) is 9.65. The van der Waals surface area contributed by atoms with E-state index >= 15 is 0 Å². The Labute approximate surface area is 73.4 Å². The summed E-state index contributed by atoms with van der Waals surface area (Å²) < 4.78 is 0. The first-order valence-corrected chi connectivity index (χ1v) is 4.79. The highest BCUT2D eigenvalue weighted by atomic mass is 14.0. The van der Waals surface area contributed by atoms with Gasteiger partial charge in [0.05, 0.1) is 0 Å². The predicted octanol–water partition coefficient (Wildman–Crippen LogP) is 4.25. The maximum absolute atomic E-state index is 4.60. The number of terminal acetylenes is 1. The van der Waals surface area contributed by atoms with Crippen LogP contribution < -0.4 is 0 Å². The zero-order valence-corrected chi connectivity index (χ0v) is 8.91. The summed E-state index contributed by atoms with van der Waals surface area (Å²) in [5, 5.41) is 0. The molecule has 1 saturated carbocycles. The highest BCUT2D eigenvalue weighted by molar-refractivity contribution is 4.73. The fraction of sp³-hybridized carbons (Fsp3) is 0.818. The molecular formula is C11H24. The summed E-state index contributed by atoms with van der Waals surface area (Å²) >= 11 is 0. The molecule has 0 amide bonds. The minimum atomic E-state index is 1.50. The Hall–Kier alpha value is -0.440. The molecule has 0 N–H and O–H groups in total. The second-order valence-electron chi connectivity index (χ2n) is 1.70. The zero-order valence-electron chi connectivity index (χ0n) is 8.91. The van der Waals surface area contributed by atoms with Gasteiger partial charge < -0.3 is 0 Å². The lowest BCUT2D eigenvalue weighted by Gasteiger charge is -2.05. The van der Waals surface area contributed by atoms with Crippen molar-refractivity contribution in [2.45, 2.75) is 60.3 Å². The maximum atomic E-state index is 4.60. The number of hydrogen-bond acceptors (Lipinski definition) is 0. The van der Waals surface area contributed by atoms with Crippen molar-refractivity contribution in [1.29, 1.82) is 0 Å². The molecule has 0 radical (unpaired) electrons. The molecule has 11 heavy (non-hydrogen) atoms. The monoisotopic (exact) mass is 156 g/mol. The molecule has 0 heteroatoms. The fourth-order valence-electron chi connectivity index (χ4n) is 0.250. The standard InChI is InChI=1S/C4H8.C3H4.2C2H6/c1-2-4-3-1;1-3-2;2*1-2/h1-4H2;1H,2H3;2*1-2H3. The van der Waals surface area contributed by atoms with Gasteiger partial charge in [0.2, 0.25) is 0 Å². The topological polar surface area (TPSA) is 0 Å². The van der Waals surface area contributed by atoms with Crippen LogP contribution in [0.5, 0.6) is 0 Å². The minimum Gasteiger partial charge on any atom is -0.120 e. The van der Waals surface area contributed by atoms with E-state index in [0.29, 0.717) is 0 Å². The van der Waals surface area contributed by atoms with Crippen LogP contribution in [0, 0.1) is 12.3 Å². The molecular weight excluding hydrogens is 132 g/mol. The van der Waals surface area contributed by atoms with E-state index in [0.717, 1.165) is 0 Å². The lowest BCUT2D eigenvalue weighted by atomic mass is 10.0. The molecule has 68 valence electrons. The van der Waals surface area contributed by atoms with Crippen LogP contribution in [-0.4, -0.2) is 0 Å². The normalized spacial score (nSPS) is 10.5. The van der Waals surface area contributed by atoms with Crippen LogP contribution >= 0.6 is 0 Å². The first-order chi connectivity index (χ1) is 5.41. The third-order valence-electron chi connectivity index (χ3n) is 1.000. The summed E-state index contributed by atoms with van der Waals surface area (Å²) in [7, 11) is 0. The van der Waals surface area contributed by atoms with Crippen molar-refractivity contribution in [3.8, 4) is 12.3 Å². The number of hydrogen-bond donors (Lipinski definition) is 0. The average Bonchev–Trinajstić information content (AvgIpc) is 1.93. The van der Waals surface area contributed by atoms with E-state index < -0.39 is 0 Å². The van der Waals surface area contributed by atoms with Gasteiger partial charge in [-0.3, -0.25) is 0 Å². The molecule has 0 heterocycles. The van der Waals surface area contributed by atoms with E-state index in [4.69, 9.17) is 0 Å². The third-order valence-corrected chi connectivity index (χ3v) is 1.000. The van der Waals surface area contributed by atoms with Gasteiger partial charge >= 0.3 is 0 Å². The van der Waals surface area contributed by atoms with Crippen LogP contribution in [0.25, 0.3) is 0 Å². The maximum Gasteiger partial charge on any atom is -0.00297 e. The molecule has 1 fully saturated rings. The van der Waals surface area contributed by atoms with E-state index in [1.807, 2.05) is 27.7 Å². The summed E-state index contributed by atoms with van der Waals surface area (Å²) in [4.78, 5) is 0. The summed E-state index contributed by atoms with van der Waals surface area (Å²) in [5.41, 5.74) is 0. The summed E-state index contributed by atoms with van der Waals surface area (Å²) in [5.74, 6) is 2.25. The van der Waals surface area contributed by atoms with Crippen molar-refractivity contribution in [2.75, 3.05) is 0 Å². The van der Waals surface area contributed by atoms with E-state index in [-0.39, 0.29) is 0 Å². The van der Waals surface area contributed by atoms with E-state index in [1.165, 1.54) is 25.7 Å².